The molecule has 1 N–H and O–H groups in total. The van der Waals surface area contributed by atoms with Crippen LogP contribution in [0.15, 0.2) is 5.38 Å². The number of aliphatic hydroxyl groups is 1. The number of thiazole rings is 1. The Balaban J connectivity index is 2.80. The summed E-state index contributed by atoms with van der Waals surface area (Å²) in [6.07, 6.45) is -13.0. The van der Waals surface area contributed by atoms with Crippen molar-refractivity contribution in [2.75, 3.05) is 5.75 Å². The Morgan fingerprint density at radius 1 is 1.25 bits per heavy atom. The van der Waals surface area contributed by atoms with Gasteiger partial charge in [-0.3, -0.25) is 0 Å². The fourth-order valence-electron chi connectivity index (χ4n) is 1.12. The van der Waals surface area contributed by atoms with Crippen LogP contribution in [0.5, 0.6) is 0 Å². The number of hydrogen-bond donors (Lipinski definition) is 1. The zero-order chi connectivity index (χ0) is 15.8. The molecule has 12 heteroatoms. The van der Waals surface area contributed by atoms with Crippen molar-refractivity contribution in [3.05, 3.63) is 16.1 Å². The van der Waals surface area contributed by atoms with Crippen LogP contribution in [0.2, 0.25) is 0 Å². The van der Waals surface area contributed by atoms with Gasteiger partial charge < -0.3 is 5.11 Å². The summed E-state index contributed by atoms with van der Waals surface area (Å²) in [6.45, 7) is 0. The molecular weight excluding hydrogens is 336 g/mol. The fraction of sp³-hybridized carbons (Fsp3) is 0.625. The van der Waals surface area contributed by atoms with Crippen LogP contribution in [0.1, 0.15) is 10.7 Å². The van der Waals surface area contributed by atoms with Crippen molar-refractivity contribution < 1.29 is 39.9 Å². The third kappa shape index (κ3) is 4.90. The Morgan fingerprint density at radius 3 is 2.20 bits per heavy atom. The minimum absolute atomic E-state index is 0.136. The first-order valence-electron chi connectivity index (χ1n) is 4.78. The van der Waals surface area contributed by atoms with E-state index in [0.717, 1.165) is 5.38 Å². The summed E-state index contributed by atoms with van der Waals surface area (Å²) < 4.78 is 95.3. The standard InChI is InChI=1S/C8H7F6NO3S2/c9-7(10,11)5(16)3-20(17,18)2-4-1-19-6(15-4)8(12,13)14/h1,5,16H,2-3H2. The third-order valence-corrected chi connectivity index (χ3v) is 4.45. The predicted octanol–water partition coefficient (Wildman–Crippen LogP) is 2.00. The average Bonchev–Trinajstić information content (AvgIpc) is 2.62. The van der Waals surface area contributed by atoms with E-state index < -0.39 is 50.5 Å². The molecule has 0 saturated carbocycles. The number of alkyl halides is 6. The van der Waals surface area contributed by atoms with E-state index in [1.54, 1.807) is 0 Å². The molecule has 0 aliphatic rings. The average molecular weight is 343 g/mol. The number of nitrogens with zero attached hydrogens (tertiary/aromatic N) is 1. The quantitative estimate of drug-likeness (QED) is 0.849. The smallest absolute Gasteiger partial charge is 0.383 e. The predicted molar refractivity (Wildman–Crippen MR) is 56.7 cm³/mol. The molecule has 0 spiro atoms. The first kappa shape index (κ1) is 17.2. The summed E-state index contributed by atoms with van der Waals surface area (Å²) in [5.74, 6) is -2.73. The van der Waals surface area contributed by atoms with E-state index in [1.807, 2.05) is 0 Å². The number of hydrogen-bond acceptors (Lipinski definition) is 5. The van der Waals surface area contributed by atoms with Crippen LogP contribution in [0.3, 0.4) is 0 Å². The van der Waals surface area contributed by atoms with Crippen molar-refractivity contribution in [1.82, 2.24) is 4.98 Å². The lowest BCUT2D eigenvalue weighted by atomic mass is 10.4. The van der Waals surface area contributed by atoms with Crippen molar-refractivity contribution in [3.63, 3.8) is 0 Å². The molecule has 4 nitrogen and oxygen atoms in total. The van der Waals surface area contributed by atoms with Gasteiger partial charge in [0.2, 0.25) is 0 Å². The molecule has 0 fully saturated rings. The van der Waals surface area contributed by atoms with E-state index in [-0.39, 0.29) is 11.3 Å². The van der Waals surface area contributed by atoms with Crippen LogP contribution in [0.25, 0.3) is 0 Å². The molecule has 1 unspecified atom stereocenters. The SMILES string of the molecule is O=S(=O)(Cc1csc(C(F)(F)F)n1)CC(O)C(F)(F)F. The molecule has 0 aliphatic carbocycles. The van der Waals surface area contributed by atoms with Gasteiger partial charge in [0.15, 0.2) is 20.9 Å². The molecule has 0 radical (unpaired) electrons. The van der Waals surface area contributed by atoms with Crippen molar-refractivity contribution in [3.8, 4) is 0 Å². The number of aromatic nitrogens is 1. The van der Waals surface area contributed by atoms with Crippen LogP contribution in [0.4, 0.5) is 26.3 Å². The van der Waals surface area contributed by atoms with Crippen LogP contribution < -0.4 is 0 Å². The highest BCUT2D eigenvalue weighted by atomic mass is 32.2. The topological polar surface area (TPSA) is 67.3 Å². The minimum Gasteiger partial charge on any atom is -0.383 e. The Kier molecular flexibility index (Phi) is 4.71. The zero-order valence-electron chi connectivity index (χ0n) is 9.36. The normalized spacial score (nSPS) is 15.3. The van der Waals surface area contributed by atoms with E-state index in [9.17, 15) is 34.8 Å². The van der Waals surface area contributed by atoms with E-state index >= 15 is 0 Å². The summed E-state index contributed by atoms with van der Waals surface area (Å²) >= 11 is 0.136. The molecule has 0 amide bonds. The van der Waals surface area contributed by atoms with Gasteiger partial charge in [-0.2, -0.15) is 26.3 Å². The maximum absolute atomic E-state index is 12.2. The molecule has 1 rings (SSSR count). The minimum atomic E-state index is -5.12. The van der Waals surface area contributed by atoms with Crippen LogP contribution >= 0.6 is 11.3 Å². The van der Waals surface area contributed by atoms with Crippen molar-refractivity contribution in [2.45, 2.75) is 24.2 Å². The van der Waals surface area contributed by atoms with E-state index in [0.29, 0.717) is 0 Å². The largest absolute Gasteiger partial charge is 0.443 e. The first-order chi connectivity index (χ1) is 8.81. The Labute approximate surface area is 113 Å². The molecule has 0 bridgehead atoms. The highest BCUT2D eigenvalue weighted by molar-refractivity contribution is 7.90. The van der Waals surface area contributed by atoms with Gasteiger partial charge in [-0.25, -0.2) is 13.4 Å². The van der Waals surface area contributed by atoms with Crippen LogP contribution in [0, 0.1) is 0 Å². The Bertz CT molecular complexity index is 562. The van der Waals surface area contributed by atoms with Crippen molar-refractivity contribution in [1.29, 1.82) is 0 Å². The fourth-order valence-corrected chi connectivity index (χ4v) is 3.30. The van der Waals surface area contributed by atoms with Crippen LogP contribution in [-0.4, -0.2) is 36.5 Å². The second-order valence-corrected chi connectivity index (χ2v) is 6.72. The van der Waals surface area contributed by atoms with Gasteiger partial charge >= 0.3 is 12.4 Å². The van der Waals surface area contributed by atoms with Gasteiger partial charge in [-0.05, 0) is 0 Å². The summed E-state index contributed by atoms with van der Waals surface area (Å²) in [6, 6.07) is 0. The lowest BCUT2D eigenvalue weighted by Gasteiger charge is -2.13. The van der Waals surface area contributed by atoms with Crippen molar-refractivity contribution in [2.24, 2.45) is 0 Å². The molecule has 1 aromatic rings. The molecule has 1 atom stereocenters. The molecular formula is C8H7F6NO3S2. The number of aliphatic hydroxyl groups excluding tert-OH is 1. The molecule has 20 heavy (non-hydrogen) atoms. The van der Waals surface area contributed by atoms with E-state index in [4.69, 9.17) is 5.11 Å². The molecule has 0 saturated heterocycles. The summed E-state index contributed by atoms with van der Waals surface area (Å²) in [4.78, 5) is 2.99. The summed E-state index contributed by atoms with van der Waals surface area (Å²) in [5.41, 5.74) is -0.517. The Hall–Kier alpha value is -0.880. The van der Waals surface area contributed by atoms with Gasteiger partial charge in [-0.15, -0.1) is 11.3 Å². The highest BCUT2D eigenvalue weighted by Crippen LogP contribution is 2.32. The number of rotatable bonds is 4. The van der Waals surface area contributed by atoms with Gasteiger partial charge in [-0.1, -0.05) is 0 Å². The highest BCUT2D eigenvalue weighted by Gasteiger charge is 2.41. The van der Waals surface area contributed by atoms with Gasteiger partial charge in [0, 0.05) is 5.38 Å². The lowest BCUT2D eigenvalue weighted by molar-refractivity contribution is -0.196. The second-order valence-electron chi connectivity index (χ2n) is 3.75. The number of sulfone groups is 1. The van der Waals surface area contributed by atoms with Gasteiger partial charge in [0.05, 0.1) is 17.2 Å². The van der Waals surface area contributed by atoms with Gasteiger partial charge in [0.1, 0.15) is 0 Å². The van der Waals surface area contributed by atoms with Crippen LogP contribution in [-0.2, 0) is 21.8 Å². The molecule has 116 valence electrons. The third-order valence-electron chi connectivity index (χ3n) is 1.95. The first-order valence-corrected chi connectivity index (χ1v) is 7.48. The maximum atomic E-state index is 12.2. The van der Waals surface area contributed by atoms with Gasteiger partial charge in [0.25, 0.3) is 0 Å². The monoisotopic (exact) mass is 343 g/mol. The Morgan fingerprint density at radius 2 is 1.80 bits per heavy atom. The molecule has 1 aromatic heterocycles. The van der Waals surface area contributed by atoms with E-state index in [1.165, 1.54) is 0 Å². The molecule has 1 heterocycles. The number of halogens is 6. The lowest BCUT2D eigenvalue weighted by Crippen LogP contribution is -2.35. The second kappa shape index (κ2) is 5.48. The van der Waals surface area contributed by atoms with E-state index in [2.05, 4.69) is 4.98 Å². The zero-order valence-corrected chi connectivity index (χ0v) is 11.0. The summed E-state index contributed by atoms with van der Waals surface area (Å²) in [7, 11) is -4.44. The molecule has 0 aliphatic heterocycles. The summed E-state index contributed by atoms with van der Waals surface area (Å²) in [5, 5.41) is 8.13. The maximum Gasteiger partial charge on any atom is 0.443 e. The van der Waals surface area contributed by atoms with Crippen molar-refractivity contribution >= 4 is 21.2 Å². The molecule has 0 aromatic carbocycles.